The Morgan fingerprint density at radius 2 is 1.73 bits per heavy atom. The average molecular weight is 299 g/mol. The fourth-order valence-electron chi connectivity index (χ4n) is 2.32. The van der Waals surface area contributed by atoms with Crippen LogP contribution in [0.3, 0.4) is 0 Å². The van der Waals surface area contributed by atoms with Gasteiger partial charge in [-0.2, -0.15) is 0 Å². The Bertz CT molecular complexity index is 622. The topological polar surface area (TPSA) is 47.6 Å². The van der Waals surface area contributed by atoms with Crippen molar-refractivity contribution >= 4 is 5.91 Å². The zero-order chi connectivity index (χ0) is 15.9. The summed E-state index contributed by atoms with van der Waals surface area (Å²) in [4.78, 5) is 12.2. The molecule has 1 N–H and O–H groups in total. The van der Waals surface area contributed by atoms with Gasteiger partial charge in [0.1, 0.15) is 11.5 Å². The van der Waals surface area contributed by atoms with Crippen LogP contribution in [0.2, 0.25) is 0 Å². The number of methoxy groups -OCH3 is 2. The second-order valence-corrected chi connectivity index (χ2v) is 5.06. The van der Waals surface area contributed by atoms with E-state index in [4.69, 9.17) is 9.47 Å². The van der Waals surface area contributed by atoms with Gasteiger partial charge in [-0.3, -0.25) is 4.79 Å². The molecule has 0 saturated heterocycles. The minimum absolute atomic E-state index is 0.0245. The Balaban J connectivity index is 1.98. The van der Waals surface area contributed by atoms with Crippen LogP contribution in [0, 0.1) is 0 Å². The van der Waals surface area contributed by atoms with Crippen LogP contribution in [-0.2, 0) is 11.2 Å². The Labute approximate surface area is 131 Å². The zero-order valence-corrected chi connectivity index (χ0v) is 13.1. The predicted molar refractivity (Wildman–Crippen MR) is 86.2 cm³/mol. The number of nitrogens with one attached hydrogen (secondary N) is 1. The summed E-state index contributed by atoms with van der Waals surface area (Å²) in [5, 5.41) is 3.00. The van der Waals surface area contributed by atoms with E-state index >= 15 is 0 Å². The first-order valence-electron chi connectivity index (χ1n) is 7.19. The van der Waals surface area contributed by atoms with E-state index in [1.54, 1.807) is 14.2 Å². The molecule has 0 saturated carbocycles. The summed E-state index contributed by atoms with van der Waals surface area (Å²) in [7, 11) is 3.25. The molecular formula is C18H21NO3. The van der Waals surface area contributed by atoms with Crippen molar-refractivity contribution in [2.45, 2.75) is 19.4 Å². The molecule has 0 aliphatic heterocycles. The summed E-state index contributed by atoms with van der Waals surface area (Å²) in [6, 6.07) is 15.1. The fourth-order valence-corrected chi connectivity index (χ4v) is 2.32. The SMILES string of the molecule is COc1ccc(CC(=O)NC(C)c2ccccc2OC)cc1. The van der Waals surface area contributed by atoms with Crippen LogP contribution in [0.25, 0.3) is 0 Å². The van der Waals surface area contributed by atoms with E-state index in [2.05, 4.69) is 5.32 Å². The molecule has 1 amide bonds. The van der Waals surface area contributed by atoms with E-state index in [1.165, 1.54) is 0 Å². The quantitative estimate of drug-likeness (QED) is 0.891. The molecule has 1 atom stereocenters. The number of amides is 1. The van der Waals surface area contributed by atoms with Gasteiger partial charge < -0.3 is 14.8 Å². The number of ether oxygens (including phenoxy) is 2. The van der Waals surface area contributed by atoms with Gasteiger partial charge in [-0.1, -0.05) is 30.3 Å². The van der Waals surface area contributed by atoms with Gasteiger partial charge in [0.25, 0.3) is 0 Å². The van der Waals surface area contributed by atoms with Crippen molar-refractivity contribution in [1.29, 1.82) is 0 Å². The summed E-state index contributed by atoms with van der Waals surface area (Å²) >= 11 is 0. The largest absolute Gasteiger partial charge is 0.497 e. The van der Waals surface area contributed by atoms with Crippen LogP contribution in [0.5, 0.6) is 11.5 Å². The molecule has 116 valence electrons. The van der Waals surface area contributed by atoms with Crippen LogP contribution in [0.15, 0.2) is 48.5 Å². The lowest BCUT2D eigenvalue weighted by atomic mass is 10.1. The van der Waals surface area contributed by atoms with Crippen LogP contribution >= 0.6 is 0 Å². The number of carbonyl (C=O) groups is 1. The molecular weight excluding hydrogens is 278 g/mol. The van der Waals surface area contributed by atoms with Crippen LogP contribution in [0.4, 0.5) is 0 Å². The van der Waals surface area contributed by atoms with Gasteiger partial charge in [0.15, 0.2) is 0 Å². The number of hydrogen-bond acceptors (Lipinski definition) is 3. The maximum Gasteiger partial charge on any atom is 0.224 e. The second-order valence-electron chi connectivity index (χ2n) is 5.06. The van der Waals surface area contributed by atoms with E-state index in [0.29, 0.717) is 6.42 Å². The molecule has 0 heterocycles. The summed E-state index contributed by atoms with van der Waals surface area (Å²) in [5.74, 6) is 1.54. The molecule has 0 aromatic heterocycles. The molecule has 4 nitrogen and oxygen atoms in total. The minimum atomic E-state index is -0.109. The van der Waals surface area contributed by atoms with Gasteiger partial charge in [0.05, 0.1) is 26.7 Å². The smallest absolute Gasteiger partial charge is 0.224 e. The van der Waals surface area contributed by atoms with Gasteiger partial charge >= 0.3 is 0 Å². The van der Waals surface area contributed by atoms with Gasteiger partial charge in [0, 0.05) is 5.56 Å². The van der Waals surface area contributed by atoms with Gasteiger partial charge in [0.2, 0.25) is 5.91 Å². The Kier molecular flexibility index (Phi) is 5.42. The molecule has 1 unspecified atom stereocenters. The van der Waals surface area contributed by atoms with Crippen molar-refractivity contribution in [3.05, 3.63) is 59.7 Å². The highest BCUT2D eigenvalue weighted by Gasteiger charge is 2.13. The third-order valence-electron chi connectivity index (χ3n) is 3.51. The number of carbonyl (C=O) groups excluding carboxylic acids is 1. The highest BCUT2D eigenvalue weighted by atomic mass is 16.5. The lowest BCUT2D eigenvalue weighted by molar-refractivity contribution is -0.121. The summed E-state index contributed by atoms with van der Waals surface area (Å²) < 4.78 is 10.4. The third-order valence-corrected chi connectivity index (χ3v) is 3.51. The van der Waals surface area contributed by atoms with E-state index in [1.807, 2.05) is 55.5 Å². The van der Waals surface area contributed by atoms with Crippen molar-refractivity contribution in [3.63, 3.8) is 0 Å². The third kappa shape index (κ3) is 4.01. The van der Waals surface area contributed by atoms with Crippen molar-refractivity contribution in [2.75, 3.05) is 14.2 Å². The molecule has 0 aliphatic rings. The second kappa shape index (κ2) is 7.50. The first-order valence-corrected chi connectivity index (χ1v) is 7.19. The molecule has 0 aliphatic carbocycles. The van der Waals surface area contributed by atoms with Crippen LogP contribution in [0.1, 0.15) is 24.1 Å². The first-order chi connectivity index (χ1) is 10.6. The van der Waals surface area contributed by atoms with E-state index < -0.39 is 0 Å². The van der Waals surface area contributed by atoms with Crippen molar-refractivity contribution in [3.8, 4) is 11.5 Å². The molecule has 2 aromatic rings. The van der Waals surface area contributed by atoms with Crippen LogP contribution < -0.4 is 14.8 Å². The summed E-state index contributed by atoms with van der Waals surface area (Å²) in [5.41, 5.74) is 1.92. The average Bonchev–Trinajstić information content (AvgIpc) is 2.55. The lowest BCUT2D eigenvalue weighted by Crippen LogP contribution is -2.28. The predicted octanol–water partition coefficient (Wildman–Crippen LogP) is 3.12. The number of benzene rings is 2. The molecule has 2 aromatic carbocycles. The fraction of sp³-hybridized carbons (Fsp3) is 0.278. The molecule has 22 heavy (non-hydrogen) atoms. The van der Waals surface area contributed by atoms with Crippen molar-refractivity contribution < 1.29 is 14.3 Å². The van der Waals surface area contributed by atoms with E-state index in [0.717, 1.165) is 22.6 Å². The Morgan fingerprint density at radius 1 is 1.05 bits per heavy atom. The van der Waals surface area contributed by atoms with Crippen molar-refractivity contribution in [1.82, 2.24) is 5.32 Å². The maximum atomic E-state index is 12.2. The van der Waals surface area contributed by atoms with E-state index in [-0.39, 0.29) is 11.9 Å². The highest BCUT2D eigenvalue weighted by molar-refractivity contribution is 5.79. The normalized spacial score (nSPS) is 11.6. The Hall–Kier alpha value is -2.49. The van der Waals surface area contributed by atoms with Crippen LogP contribution in [-0.4, -0.2) is 20.1 Å². The zero-order valence-electron chi connectivity index (χ0n) is 13.1. The molecule has 2 rings (SSSR count). The number of para-hydroxylation sites is 1. The van der Waals surface area contributed by atoms with Gasteiger partial charge in [-0.15, -0.1) is 0 Å². The van der Waals surface area contributed by atoms with Gasteiger partial charge in [-0.05, 0) is 30.7 Å². The standard InChI is InChI=1S/C18H21NO3/c1-13(16-6-4-5-7-17(16)22-3)19-18(20)12-14-8-10-15(21-2)11-9-14/h4-11,13H,12H2,1-3H3,(H,19,20). The number of hydrogen-bond donors (Lipinski definition) is 1. The lowest BCUT2D eigenvalue weighted by Gasteiger charge is -2.17. The molecule has 0 fully saturated rings. The first kappa shape index (κ1) is 15.9. The molecule has 0 spiro atoms. The Morgan fingerprint density at radius 3 is 2.36 bits per heavy atom. The van der Waals surface area contributed by atoms with Gasteiger partial charge in [-0.25, -0.2) is 0 Å². The monoisotopic (exact) mass is 299 g/mol. The highest BCUT2D eigenvalue weighted by Crippen LogP contribution is 2.24. The van der Waals surface area contributed by atoms with Crippen molar-refractivity contribution in [2.24, 2.45) is 0 Å². The molecule has 4 heteroatoms. The summed E-state index contributed by atoms with van der Waals surface area (Å²) in [6.45, 7) is 1.95. The molecule has 0 bridgehead atoms. The van der Waals surface area contributed by atoms with E-state index in [9.17, 15) is 4.79 Å². The maximum absolute atomic E-state index is 12.2. The summed E-state index contributed by atoms with van der Waals surface area (Å²) in [6.07, 6.45) is 0.337. The minimum Gasteiger partial charge on any atom is -0.497 e. The molecule has 0 radical (unpaired) electrons. The number of rotatable bonds is 6.